The molecule has 2 rings (SSSR count). The van der Waals surface area contributed by atoms with E-state index in [1.54, 1.807) is 19.2 Å². The number of ether oxygens (including phenoxy) is 1. The number of imidazole rings is 1. The molecule has 0 unspecified atom stereocenters. The van der Waals surface area contributed by atoms with Crippen LogP contribution in [-0.2, 0) is 0 Å². The molecule has 1 aromatic carbocycles. The van der Waals surface area contributed by atoms with Gasteiger partial charge < -0.3 is 9.84 Å². The Bertz CT molecular complexity index is 562. The van der Waals surface area contributed by atoms with Crippen molar-refractivity contribution in [1.82, 2.24) is 9.55 Å². The van der Waals surface area contributed by atoms with E-state index in [0.717, 1.165) is 17.0 Å². The van der Waals surface area contributed by atoms with E-state index < -0.39 is 5.97 Å². The van der Waals surface area contributed by atoms with Gasteiger partial charge in [-0.3, -0.25) is 4.57 Å². The van der Waals surface area contributed by atoms with Gasteiger partial charge in [-0.05, 0) is 30.7 Å². The van der Waals surface area contributed by atoms with E-state index in [0.29, 0.717) is 0 Å². The molecule has 1 heterocycles. The minimum Gasteiger partial charge on any atom is -0.496 e. The number of nitrogens with zero attached hydrogens (tertiary/aromatic N) is 2. The Hall–Kier alpha value is -2.30. The lowest BCUT2D eigenvalue weighted by Gasteiger charge is -2.09. The van der Waals surface area contributed by atoms with Gasteiger partial charge in [0, 0.05) is 5.69 Å². The van der Waals surface area contributed by atoms with Crippen LogP contribution in [0.1, 0.15) is 29.9 Å². The summed E-state index contributed by atoms with van der Waals surface area (Å²) in [4.78, 5) is 14.8. The standard InChI is InChI=1S/C12H12N2O3.C2H6/c1-8-5-9(3-4-11(8)17-2)14-7-13-6-10(14)12(15)16;1-2/h3-7H,1-2H3,(H,15,16);1-2H3. The van der Waals surface area contributed by atoms with Crippen LogP contribution in [0.15, 0.2) is 30.7 Å². The fourth-order valence-corrected chi connectivity index (χ4v) is 1.67. The average molecular weight is 262 g/mol. The molecule has 0 bridgehead atoms. The van der Waals surface area contributed by atoms with Gasteiger partial charge in [-0.15, -0.1) is 0 Å². The SMILES string of the molecule is CC.COc1ccc(-n2cncc2C(=O)O)cc1C. The van der Waals surface area contributed by atoms with E-state index in [1.807, 2.05) is 26.8 Å². The highest BCUT2D eigenvalue weighted by Gasteiger charge is 2.11. The molecule has 0 fully saturated rings. The summed E-state index contributed by atoms with van der Waals surface area (Å²) in [5.74, 6) is -0.235. The molecular weight excluding hydrogens is 244 g/mol. The second kappa shape index (κ2) is 6.58. The number of aromatic carboxylic acids is 1. The van der Waals surface area contributed by atoms with Crippen molar-refractivity contribution >= 4 is 5.97 Å². The highest BCUT2D eigenvalue weighted by atomic mass is 16.5. The number of hydrogen-bond acceptors (Lipinski definition) is 3. The maximum absolute atomic E-state index is 11.0. The zero-order valence-electron chi connectivity index (χ0n) is 11.5. The fraction of sp³-hybridized carbons (Fsp3) is 0.286. The third-order valence-corrected chi connectivity index (χ3v) is 2.51. The first-order valence-electron chi connectivity index (χ1n) is 6.04. The topological polar surface area (TPSA) is 64.4 Å². The van der Waals surface area contributed by atoms with E-state index in [9.17, 15) is 4.79 Å². The van der Waals surface area contributed by atoms with Crippen molar-refractivity contribution in [3.8, 4) is 11.4 Å². The Morgan fingerprint density at radius 1 is 1.37 bits per heavy atom. The Kier molecular flexibility index (Phi) is 5.11. The first kappa shape index (κ1) is 14.8. The molecule has 0 atom stereocenters. The second-order valence-corrected chi connectivity index (χ2v) is 3.61. The molecular formula is C14H18N2O3. The number of aryl methyl sites for hydroxylation is 1. The summed E-state index contributed by atoms with van der Waals surface area (Å²) in [7, 11) is 1.60. The quantitative estimate of drug-likeness (QED) is 0.923. The molecule has 5 heteroatoms. The molecule has 1 aromatic heterocycles. The lowest BCUT2D eigenvalue weighted by molar-refractivity contribution is 0.0688. The molecule has 2 aromatic rings. The van der Waals surface area contributed by atoms with Crippen LogP contribution in [0.4, 0.5) is 0 Å². The first-order chi connectivity index (χ1) is 9.13. The molecule has 5 nitrogen and oxygen atoms in total. The van der Waals surface area contributed by atoms with Crippen molar-refractivity contribution in [1.29, 1.82) is 0 Å². The van der Waals surface area contributed by atoms with E-state index in [4.69, 9.17) is 9.84 Å². The number of benzene rings is 1. The van der Waals surface area contributed by atoms with Gasteiger partial charge in [-0.25, -0.2) is 9.78 Å². The molecule has 0 spiro atoms. The molecule has 1 N–H and O–H groups in total. The van der Waals surface area contributed by atoms with Crippen LogP contribution in [0.3, 0.4) is 0 Å². The summed E-state index contributed by atoms with van der Waals surface area (Å²) in [5, 5.41) is 9.00. The lowest BCUT2D eigenvalue weighted by Crippen LogP contribution is -2.05. The van der Waals surface area contributed by atoms with Crippen LogP contribution in [0, 0.1) is 6.92 Å². The van der Waals surface area contributed by atoms with E-state index in [-0.39, 0.29) is 5.69 Å². The van der Waals surface area contributed by atoms with Crippen LogP contribution in [0.25, 0.3) is 5.69 Å². The zero-order valence-corrected chi connectivity index (χ0v) is 11.5. The average Bonchev–Trinajstić information content (AvgIpc) is 2.90. The summed E-state index contributed by atoms with van der Waals surface area (Å²) < 4.78 is 6.68. The lowest BCUT2D eigenvalue weighted by atomic mass is 10.2. The van der Waals surface area contributed by atoms with Gasteiger partial charge in [0.15, 0.2) is 5.69 Å². The molecule has 19 heavy (non-hydrogen) atoms. The predicted octanol–water partition coefficient (Wildman–Crippen LogP) is 2.91. The first-order valence-corrected chi connectivity index (χ1v) is 6.04. The summed E-state index contributed by atoms with van der Waals surface area (Å²) in [6, 6.07) is 5.45. The number of aromatic nitrogens is 2. The minimum absolute atomic E-state index is 0.134. The van der Waals surface area contributed by atoms with Gasteiger partial charge >= 0.3 is 5.97 Å². The minimum atomic E-state index is -1.00. The molecule has 0 aliphatic rings. The van der Waals surface area contributed by atoms with Crippen molar-refractivity contribution in [2.45, 2.75) is 20.8 Å². The number of carboxylic acids is 1. The van der Waals surface area contributed by atoms with Gasteiger partial charge in [0.25, 0.3) is 0 Å². The highest BCUT2D eigenvalue weighted by Crippen LogP contribution is 2.21. The van der Waals surface area contributed by atoms with Gasteiger partial charge in [0.05, 0.1) is 19.6 Å². The van der Waals surface area contributed by atoms with Crippen LogP contribution in [-0.4, -0.2) is 27.7 Å². The third kappa shape index (κ3) is 3.13. The number of carboxylic acid groups (broad SMARTS) is 1. The summed E-state index contributed by atoms with van der Waals surface area (Å²) >= 11 is 0. The Labute approximate surface area is 112 Å². The maximum Gasteiger partial charge on any atom is 0.354 e. The molecule has 0 saturated heterocycles. The number of methoxy groups -OCH3 is 1. The molecule has 0 aliphatic carbocycles. The van der Waals surface area contributed by atoms with Crippen LogP contribution in [0.5, 0.6) is 5.75 Å². The van der Waals surface area contributed by atoms with Crippen molar-refractivity contribution in [3.05, 3.63) is 42.0 Å². The summed E-state index contributed by atoms with van der Waals surface area (Å²) in [6.07, 6.45) is 2.80. The van der Waals surface area contributed by atoms with Crippen molar-refractivity contribution in [3.63, 3.8) is 0 Å². The Morgan fingerprint density at radius 2 is 2.05 bits per heavy atom. The molecule has 0 amide bonds. The van der Waals surface area contributed by atoms with E-state index >= 15 is 0 Å². The maximum atomic E-state index is 11.0. The van der Waals surface area contributed by atoms with Crippen LogP contribution >= 0.6 is 0 Å². The van der Waals surface area contributed by atoms with Gasteiger partial charge in [-0.2, -0.15) is 0 Å². The van der Waals surface area contributed by atoms with Crippen LogP contribution < -0.4 is 4.74 Å². The Balaban J connectivity index is 0.000000861. The number of hydrogen-bond donors (Lipinski definition) is 1. The highest BCUT2D eigenvalue weighted by molar-refractivity contribution is 5.86. The summed E-state index contributed by atoms with van der Waals surface area (Å²) in [6.45, 7) is 5.90. The fourth-order valence-electron chi connectivity index (χ4n) is 1.67. The second-order valence-electron chi connectivity index (χ2n) is 3.61. The largest absolute Gasteiger partial charge is 0.496 e. The van der Waals surface area contributed by atoms with Crippen molar-refractivity contribution in [2.75, 3.05) is 7.11 Å². The zero-order chi connectivity index (χ0) is 14.4. The molecule has 0 saturated carbocycles. The molecule has 0 aliphatic heterocycles. The van der Waals surface area contributed by atoms with Gasteiger partial charge in [0.2, 0.25) is 0 Å². The van der Waals surface area contributed by atoms with Crippen LogP contribution in [0.2, 0.25) is 0 Å². The molecule has 0 radical (unpaired) electrons. The van der Waals surface area contributed by atoms with Gasteiger partial charge in [-0.1, -0.05) is 13.8 Å². The third-order valence-electron chi connectivity index (χ3n) is 2.51. The smallest absolute Gasteiger partial charge is 0.354 e. The van der Waals surface area contributed by atoms with E-state index in [1.165, 1.54) is 17.1 Å². The van der Waals surface area contributed by atoms with Gasteiger partial charge in [0.1, 0.15) is 5.75 Å². The number of rotatable bonds is 3. The Morgan fingerprint density at radius 3 is 2.58 bits per heavy atom. The predicted molar refractivity (Wildman–Crippen MR) is 73.2 cm³/mol. The summed E-state index contributed by atoms with van der Waals surface area (Å²) in [5.41, 5.74) is 1.82. The molecule has 102 valence electrons. The van der Waals surface area contributed by atoms with E-state index in [2.05, 4.69) is 4.98 Å². The van der Waals surface area contributed by atoms with Crippen molar-refractivity contribution < 1.29 is 14.6 Å². The number of carbonyl (C=O) groups is 1. The van der Waals surface area contributed by atoms with Crippen molar-refractivity contribution in [2.24, 2.45) is 0 Å². The monoisotopic (exact) mass is 262 g/mol. The normalized spacial score (nSPS) is 9.47.